The molecule has 0 amide bonds. The van der Waals surface area contributed by atoms with Crippen LogP contribution in [0, 0.1) is 11.8 Å². The molecule has 2 rings (SSSR count). The molecule has 1 saturated carbocycles. The largest absolute Gasteiger partial charge is 0.384 e. The second kappa shape index (κ2) is 10.9. The van der Waals surface area contributed by atoms with E-state index in [4.69, 9.17) is 0 Å². The zero-order valence-electron chi connectivity index (χ0n) is 16.5. The van der Waals surface area contributed by atoms with Crippen LogP contribution in [0.4, 0.5) is 0 Å². The zero-order chi connectivity index (χ0) is 18.8. The standard InChI is InChI=1S/C23H34N2O/c1-4-7-22(9-5-10-23(26)15-20-11-12-20)18(2)14-19(3)25-17-21-8-6-13-24-16-21/h6,8,13-14,16,20,22,25H,2,4-5,7,9-12,15,17H2,1,3H3/b19-14+. The van der Waals surface area contributed by atoms with E-state index in [-0.39, 0.29) is 0 Å². The Morgan fingerprint density at radius 3 is 2.88 bits per heavy atom. The number of pyridine rings is 1. The van der Waals surface area contributed by atoms with E-state index < -0.39 is 0 Å². The second-order valence-corrected chi connectivity index (χ2v) is 7.68. The summed E-state index contributed by atoms with van der Waals surface area (Å²) in [5.74, 6) is 1.64. The van der Waals surface area contributed by atoms with Crippen LogP contribution in [0.1, 0.15) is 70.8 Å². The van der Waals surface area contributed by atoms with Crippen LogP contribution in [-0.2, 0) is 11.3 Å². The van der Waals surface area contributed by atoms with Crippen molar-refractivity contribution >= 4 is 5.78 Å². The van der Waals surface area contributed by atoms with Gasteiger partial charge < -0.3 is 5.32 Å². The van der Waals surface area contributed by atoms with E-state index in [2.05, 4.69) is 42.9 Å². The number of hydrogen-bond donors (Lipinski definition) is 1. The van der Waals surface area contributed by atoms with E-state index in [0.29, 0.717) is 17.6 Å². The van der Waals surface area contributed by atoms with Gasteiger partial charge in [-0.1, -0.05) is 31.6 Å². The van der Waals surface area contributed by atoms with Crippen LogP contribution in [-0.4, -0.2) is 10.8 Å². The molecule has 142 valence electrons. The Kier molecular flexibility index (Phi) is 8.60. The number of rotatable bonds is 13. The average Bonchev–Trinajstić information content (AvgIpc) is 3.44. The van der Waals surface area contributed by atoms with Crippen molar-refractivity contribution in [3.8, 4) is 0 Å². The summed E-state index contributed by atoms with van der Waals surface area (Å²) in [4.78, 5) is 16.1. The number of nitrogens with one attached hydrogen (secondary N) is 1. The SMILES string of the molecule is C=C(/C=C(\C)NCc1cccnc1)C(CCC)CCCC(=O)CC1CC1. The molecule has 1 N–H and O–H groups in total. The van der Waals surface area contributed by atoms with Crippen molar-refractivity contribution < 1.29 is 4.79 Å². The zero-order valence-corrected chi connectivity index (χ0v) is 16.5. The molecule has 0 spiro atoms. The van der Waals surface area contributed by atoms with E-state index in [0.717, 1.165) is 50.8 Å². The van der Waals surface area contributed by atoms with Gasteiger partial charge in [0.1, 0.15) is 5.78 Å². The number of hydrogen-bond acceptors (Lipinski definition) is 3. The maximum absolute atomic E-state index is 12.0. The summed E-state index contributed by atoms with van der Waals surface area (Å²) in [5, 5.41) is 3.44. The number of carbonyl (C=O) groups is 1. The molecular formula is C23H34N2O. The fourth-order valence-electron chi connectivity index (χ4n) is 3.35. The molecule has 0 aromatic carbocycles. The van der Waals surface area contributed by atoms with Crippen molar-refractivity contribution in [3.63, 3.8) is 0 Å². The van der Waals surface area contributed by atoms with Gasteiger partial charge in [0.2, 0.25) is 0 Å². The lowest BCUT2D eigenvalue weighted by atomic mass is 9.89. The van der Waals surface area contributed by atoms with Gasteiger partial charge in [0.05, 0.1) is 0 Å². The maximum Gasteiger partial charge on any atom is 0.133 e. The van der Waals surface area contributed by atoms with Crippen LogP contribution in [0.5, 0.6) is 0 Å². The Labute approximate surface area is 159 Å². The minimum atomic E-state index is 0.457. The van der Waals surface area contributed by atoms with E-state index in [1.807, 2.05) is 12.3 Å². The molecule has 0 saturated heterocycles. The third kappa shape index (κ3) is 7.99. The normalized spacial score (nSPS) is 15.5. The molecule has 1 aromatic heterocycles. The van der Waals surface area contributed by atoms with Gasteiger partial charge >= 0.3 is 0 Å². The van der Waals surface area contributed by atoms with Crippen molar-refractivity contribution in [1.82, 2.24) is 10.3 Å². The van der Waals surface area contributed by atoms with E-state index >= 15 is 0 Å². The monoisotopic (exact) mass is 354 g/mol. The fourth-order valence-corrected chi connectivity index (χ4v) is 3.35. The third-order valence-electron chi connectivity index (χ3n) is 5.08. The summed E-state index contributed by atoms with van der Waals surface area (Å²) in [6, 6.07) is 4.03. The van der Waals surface area contributed by atoms with Crippen LogP contribution in [0.15, 0.2) is 48.5 Å². The van der Waals surface area contributed by atoms with Crippen molar-refractivity contribution in [2.24, 2.45) is 11.8 Å². The minimum absolute atomic E-state index is 0.457. The van der Waals surface area contributed by atoms with Gasteiger partial charge in [-0.05, 0) is 68.6 Å². The van der Waals surface area contributed by atoms with Gasteiger partial charge in [0, 0.05) is 37.5 Å². The van der Waals surface area contributed by atoms with Crippen molar-refractivity contribution in [2.45, 2.75) is 71.8 Å². The van der Waals surface area contributed by atoms with Crippen molar-refractivity contribution in [1.29, 1.82) is 0 Å². The number of allylic oxidation sites excluding steroid dienone is 3. The summed E-state index contributed by atoms with van der Waals surface area (Å²) in [6.07, 6.45) is 14.3. The molecule has 0 aliphatic heterocycles. The van der Waals surface area contributed by atoms with Gasteiger partial charge in [-0.3, -0.25) is 9.78 Å². The number of nitrogens with zero attached hydrogens (tertiary/aromatic N) is 1. The lowest BCUT2D eigenvalue weighted by molar-refractivity contribution is -0.119. The molecule has 0 bridgehead atoms. The minimum Gasteiger partial charge on any atom is -0.384 e. The highest BCUT2D eigenvalue weighted by atomic mass is 16.1. The number of ketones is 1. The topological polar surface area (TPSA) is 42.0 Å². The number of carbonyl (C=O) groups excluding carboxylic acids is 1. The number of aromatic nitrogens is 1. The van der Waals surface area contributed by atoms with Gasteiger partial charge in [0.25, 0.3) is 0 Å². The summed E-state index contributed by atoms with van der Waals surface area (Å²) in [5.41, 5.74) is 3.48. The highest BCUT2D eigenvalue weighted by Crippen LogP contribution is 2.33. The van der Waals surface area contributed by atoms with Gasteiger partial charge in [-0.2, -0.15) is 0 Å². The predicted octanol–water partition coefficient (Wildman–Crippen LogP) is 5.59. The van der Waals surface area contributed by atoms with Crippen molar-refractivity contribution in [3.05, 3.63) is 54.0 Å². The van der Waals surface area contributed by atoms with Gasteiger partial charge in [0.15, 0.2) is 0 Å². The highest BCUT2D eigenvalue weighted by Gasteiger charge is 2.24. The van der Waals surface area contributed by atoms with Crippen molar-refractivity contribution in [2.75, 3.05) is 0 Å². The Hall–Kier alpha value is -1.90. The molecule has 3 nitrogen and oxygen atoms in total. The van der Waals surface area contributed by atoms with E-state index in [1.54, 1.807) is 6.20 Å². The molecule has 1 aromatic rings. The van der Waals surface area contributed by atoms with Crippen LogP contribution in [0.25, 0.3) is 0 Å². The first-order valence-corrected chi connectivity index (χ1v) is 10.1. The first-order valence-electron chi connectivity index (χ1n) is 10.1. The fraction of sp³-hybridized carbons (Fsp3) is 0.565. The smallest absolute Gasteiger partial charge is 0.133 e. The maximum atomic E-state index is 12.0. The third-order valence-corrected chi connectivity index (χ3v) is 5.08. The lowest BCUT2D eigenvalue weighted by Crippen LogP contribution is -2.12. The predicted molar refractivity (Wildman–Crippen MR) is 109 cm³/mol. The van der Waals surface area contributed by atoms with Crippen LogP contribution in [0.2, 0.25) is 0 Å². The summed E-state index contributed by atoms with van der Waals surface area (Å²) >= 11 is 0. The summed E-state index contributed by atoms with van der Waals surface area (Å²) in [6.45, 7) is 9.39. The summed E-state index contributed by atoms with van der Waals surface area (Å²) in [7, 11) is 0. The van der Waals surface area contributed by atoms with E-state index in [1.165, 1.54) is 24.0 Å². The Morgan fingerprint density at radius 1 is 1.42 bits per heavy atom. The second-order valence-electron chi connectivity index (χ2n) is 7.68. The molecule has 26 heavy (non-hydrogen) atoms. The first kappa shape index (κ1) is 20.4. The molecule has 1 aliphatic carbocycles. The summed E-state index contributed by atoms with van der Waals surface area (Å²) < 4.78 is 0. The highest BCUT2D eigenvalue weighted by molar-refractivity contribution is 5.78. The average molecular weight is 355 g/mol. The van der Waals surface area contributed by atoms with Gasteiger partial charge in [-0.25, -0.2) is 0 Å². The Bertz CT molecular complexity index is 602. The molecular weight excluding hydrogens is 320 g/mol. The Morgan fingerprint density at radius 2 is 2.23 bits per heavy atom. The molecule has 0 radical (unpaired) electrons. The molecule has 1 heterocycles. The lowest BCUT2D eigenvalue weighted by Gasteiger charge is -2.18. The molecule has 1 atom stereocenters. The van der Waals surface area contributed by atoms with Crippen LogP contribution >= 0.6 is 0 Å². The van der Waals surface area contributed by atoms with Gasteiger partial charge in [-0.15, -0.1) is 0 Å². The first-order chi connectivity index (χ1) is 12.6. The molecule has 1 unspecified atom stereocenters. The van der Waals surface area contributed by atoms with E-state index in [9.17, 15) is 4.79 Å². The van der Waals surface area contributed by atoms with Crippen LogP contribution in [0.3, 0.4) is 0 Å². The van der Waals surface area contributed by atoms with Crippen LogP contribution < -0.4 is 5.32 Å². The molecule has 3 heteroatoms. The molecule has 1 aliphatic rings. The quantitative estimate of drug-likeness (QED) is 0.470. The Balaban J connectivity index is 1.76. The number of Topliss-reactive ketones (excluding diaryl/α,β-unsaturated/α-hetero) is 1. The molecule has 1 fully saturated rings.